The van der Waals surface area contributed by atoms with E-state index in [-0.39, 0.29) is 5.91 Å². The van der Waals surface area contributed by atoms with Gasteiger partial charge >= 0.3 is 0 Å². The van der Waals surface area contributed by atoms with Crippen LogP contribution in [0.5, 0.6) is 11.5 Å². The molecule has 0 radical (unpaired) electrons. The summed E-state index contributed by atoms with van der Waals surface area (Å²) in [6, 6.07) is 12.0. The van der Waals surface area contributed by atoms with Gasteiger partial charge in [-0.1, -0.05) is 18.2 Å². The summed E-state index contributed by atoms with van der Waals surface area (Å²) >= 11 is 0. The highest BCUT2D eigenvalue weighted by molar-refractivity contribution is 5.78. The molecule has 0 aromatic heterocycles. The molecule has 0 saturated heterocycles. The van der Waals surface area contributed by atoms with Crippen molar-refractivity contribution in [3.05, 3.63) is 58.7 Å². The number of rotatable bonds is 6. The van der Waals surface area contributed by atoms with Crippen LogP contribution in [0.1, 0.15) is 35.1 Å². The fraction of sp³-hybridized carbons (Fsp3) is 0.381. The van der Waals surface area contributed by atoms with Gasteiger partial charge in [0.2, 0.25) is 5.91 Å². The monoisotopic (exact) mass is 339 g/mol. The largest absolute Gasteiger partial charge is 0.497 e. The van der Waals surface area contributed by atoms with Gasteiger partial charge in [0.25, 0.3) is 0 Å². The molecule has 0 bridgehead atoms. The third-order valence-electron chi connectivity index (χ3n) is 4.74. The number of nitrogens with one attached hydrogen (secondary N) is 1. The summed E-state index contributed by atoms with van der Waals surface area (Å²) in [6.07, 6.45) is 5.22. The zero-order chi connectivity index (χ0) is 17.6. The molecule has 1 aliphatic carbocycles. The van der Waals surface area contributed by atoms with Crippen molar-refractivity contribution >= 4 is 5.91 Å². The molecule has 4 heteroatoms. The van der Waals surface area contributed by atoms with E-state index in [0.717, 1.165) is 35.5 Å². The highest BCUT2D eigenvalue weighted by Gasteiger charge is 2.12. The summed E-state index contributed by atoms with van der Waals surface area (Å²) in [7, 11) is 3.25. The maximum Gasteiger partial charge on any atom is 0.224 e. The fourth-order valence-electron chi connectivity index (χ4n) is 3.36. The van der Waals surface area contributed by atoms with Gasteiger partial charge < -0.3 is 14.8 Å². The van der Waals surface area contributed by atoms with Crippen LogP contribution in [0.15, 0.2) is 36.4 Å². The Bertz CT molecular complexity index is 755. The van der Waals surface area contributed by atoms with Crippen LogP contribution in [-0.4, -0.2) is 20.1 Å². The fourth-order valence-corrected chi connectivity index (χ4v) is 3.36. The first-order valence-electron chi connectivity index (χ1n) is 8.78. The molecular formula is C21H25NO3. The molecule has 0 aliphatic heterocycles. The van der Waals surface area contributed by atoms with Gasteiger partial charge in [-0.3, -0.25) is 4.79 Å². The van der Waals surface area contributed by atoms with Gasteiger partial charge in [-0.2, -0.15) is 0 Å². The van der Waals surface area contributed by atoms with Crippen molar-refractivity contribution in [1.29, 1.82) is 0 Å². The highest BCUT2D eigenvalue weighted by atomic mass is 16.5. The molecule has 0 heterocycles. The second kappa shape index (κ2) is 8.06. The average molecular weight is 339 g/mol. The Morgan fingerprint density at radius 1 is 1.00 bits per heavy atom. The van der Waals surface area contributed by atoms with Gasteiger partial charge in [-0.05, 0) is 60.6 Å². The number of fused-ring (bicyclic) bond motifs is 1. The van der Waals surface area contributed by atoms with Crippen molar-refractivity contribution in [3.63, 3.8) is 0 Å². The smallest absolute Gasteiger partial charge is 0.224 e. The van der Waals surface area contributed by atoms with Crippen molar-refractivity contribution in [2.45, 2.75) is 38.6 Å². The topological polar surface area (TPSA) is 47.6 Å². The summed E-state index contributed by atoms with van der Waals surface area (Å²) in [5.41, 5.74) is 4.83. The Morgan fingerprint density at radius 2 is 1.80 bits per heavy atom. The lowest BCUT2D eigenvalue weighted by atomic mass is 9.90. The summed E-state index contributed by atoms with van der Waals surface area (Å²) in [5, 5.41) is 2.98. The average Bonchev–Trinajstić information content (AvgIpc) is 2.66. The minimum atomic E-state index is 0.0145. The Hall–Kier alpha value is -2.49. The van der Waals surface area contributed by atoms with Gasteiger partial charge in [-0.15, -0.1) is 0 Å². The van der Waals surface area contributed by atoms with Crippen LogP contribution in [0, 0.1) is 0 Å². The number of hydrogen-bond acceptors (Lipinski definition) is 3. The van der Waals surface area contributed by atoms with Gasteiger partial charge in [0.1, 0.15) is 11.5 Å². The predicted molar refractivity (Wildman–Crippen MR) is 98.2 cm³/mol. The standard InChI is InChI=1S/C21H25NO3/c1-24-19-9-10-20(25-2)18(13-19)14-22-21(23)12-15-7-8-16-5-3-4-6-17(16)11-15/h7-11,13H,3-6,12,14H2,1-2H3,(H,22,23). The van der Waals surface area contributed by atoms with E-state index < -0.39 is 0 Å². The van der Waals surface area contributed by atoms with Crippen LogP contribution >= 0.6 is 0 Å². The first kappa shape index (κ1) is 17.3. The van der Waals surface area contributed by atoms with Crippen molar-refractivity contribution in [2.75, 3.05) is 14.2 Å². The number of methoxy groups -OCH3 is 2. The minimum Gasteiger partial charge on any atom is -0.497 e. The lowest BCUT2D eigenvalue weighted by Gasteiger charge is -2.16. The molecule has 3 rings (SSSR count). The molecular weight excluding hydrogens is 314 g/mol. The van der Waals surface area contributed by atoms with E-state index in [0.29, 0.717) is 13.0 Å². The normalized spacial score (nSPS) is 13.0. The number of hydrogen-bond donors (Lipinski definition) is 1. The minimum absolute atomic E-state index is 0.0145. The molecule has 0 saturated carbocycles. The quantitative estimate of drug-likeness (QED) is 0.877. The molecule has 132 valence electrons. The van der Waals surface area contributed by atoms with Crippen LogP contribution in [-0.2, 0) is 30.6 Å². The third kappa shape index (κ3) is 4.32. The van der Waals surface area contributed by atoms with Gasteiger partial charge in [0.05, 0.1) is 20.6 Å². The molecule has 0 spiro atoms. The van der Waals surface area contributed by atoms with Crippen molar-refractivity contribution in [3.8, 4) is 11.5 Å². The van der Waals surface area contributed by atoms with Crippen molar-refractivity contribution in [2.24, 2.45) is 0 Å². The number of benzene rings is 2. The van der Waals surface area contributed by atoms with Crippen LogP contribution in [0.4, 0.5) is 0 Å². The molecule has 1 N–H and O–H groups in total. The van der Waals surface area contributed by atoms with Gasteiger partial charge in [-0.25, -0.2) is 0 Å². The molecule has 2 aromatic carbocycles. The Kier molecular flexibility index (Phi) is 5.59. The summed E-state index contributed by atoms with van der Waals surface area (Å²) in [5.74, 6) is 1.51. The molecule has 1 amide bonds. The lowest BCUT2D eigenvalue weighted by Crippen LogP contribution is -2.25. The molecule has 0 unspecified atom stereocenters. The van der Waals surface area contributed by atoms with Gasteiger partial charge in [0.15, 0.2) is 0 Å². The van der Waals surface area contributed by atoms with Gasteiger partial charge in [0, 0.05) is 12.1 Å². The second-order valence-electron chi connectivity index (χ2n) is 6.44. The van der Waals surface area contributed by atoms with Crippen LogP contribution < -0.4 is 14.8 Å². The SMILES string of the molecule is COc1ccc(OC)c(CNC(=O)Cc2ccc3c(c2)CCCC3)c1. The lowest BCUT2D eigenvalue weighted by molar-refractivity contribution is -0.120. The highest BCUT2D eigenvalue weighted by Crippen LogP contribution is 2.24. The molecule has 0 atom stereocenters. The number of aryl methyl sites for hydroxylation is 2. The maximum absolute atomic E-state index is 12.3. The first-order valence-corrected chi connectivity index (χ1v) is 8.78. The van der Waals surface area contributed by atoms with E-state index >= 15 is 0 Å². The zero-order valence-electron chi connectivity index (χ0n) is 14.9. The van der Waals surface area contributed by atoms with E-state index in [4.69, 9.17) is 9.47 Å². The predicted octanol–water partition coefficient (Wildman–Crippen LogP) is 3.44. The molecule has 4 nitrogen and oxygen atoms in total. The van der Waals surface area contributed by atoms with E-state index in [9.17, 15) is 4.79 Å². The second-order valence-corrected chi connectivity index (χ2v) is 6.44. The molecule has 1 aliphatic rings. The van der Waals surface area contributed by atoms with Crippen LogP contribution in [0.2, 0.25) is 0 Å². The first-order chi connectivity index (χ1) is 12.2. The van der Waals surface area contributed by atoms with E-state index in [2.05, 4.69) is 23.5 Å². The zero-order valence-corrected chi connectivity index (χ0v) is 14.9. The molecule has 0 fully saturated rings. The van der Waals surface area contributed by atoms with E-state index in [1.54, 1.807) is 14.2 Å². The maximum atomic E-state index is 12.3. The number of ether oxygens (including phenoxy) is 2. The number of amides is 1. The Balaban J connectivity index is 1.61. The third-order valence-corrected chi connectivity index (χ3v) is 4.74. The molecule has 2 aromatic rings. The summed E-state index contributed by atoms with van der Waals surface area (Å²) < 4.78 is 10.6. The number of carbonyl (C=O) groups excluding carboxylic acids is 1. The summed E-state index contributed by atoms with van der Waals surface area (Å²) in [4.78, 5) is 12.3. The van der Waals surface area contributed by atoms with Crippen molar-refractivity contribution in [1.82, 2.24) is 5.32 Å². The Labute approximate surface area is 149 Å². The van der Waals surface area contributed by atoms with Crippen molar-refractivity contribution < 1.29 is 14.3 Å². The molecule has 25 heavy (non-hydrogen) atoms. The summed E-state index contributed by atoms with van der Waals surface area (Å²) in [6.45, 7) is 0.421. The Morgan fingerprint density at radius 3 is 2.56 bits per heavy atom. The van der Waals surface area contributed by atoms with E-state index in [1.165, 1.54) is 24.0 Å². The van der Waals surface area contributed by atoms with Crippen LogP contribution in [0.3, 0.4) is 0 Å². The van der Waals surface area contributed by atoms with Crippen LogP contribution in [0.25, 0.3) is 0 Å². The van der Waals surface area contributed by atoms with E-state index in [1.807, 2.05) is 18.2 Å². The number of carbonyl (C=O) groups is 1.